The summed E-state index contributed by atoms with van der Waals surface area (Å²) in [4.78, 5) is 21.8. The van der Waals surface area contributed by atoms with E-state index in [2.05, 4.69) is 5.32 Å². The highest BCUT2D eigenvalue weighted by atomic mass is 35.5. The van der Waals surface area contributed by atoms with Crippen molar-refractivity contribution in [3.8, 4) is 0 Å². The molecule has 0 fully saturated rings. The summed E-state index contributed by atoms with van der Waals surface area (Å²) in [5, 5.41) is 20.4. The van der Waals surface area contributed by atoms with Crippen LogP contribution in [-0.2, 0) is 16.0 Å². The number of carbonyl (C=O) groups excluding carboxylic acids is 1. The number of carboxylic acid groups (broad SMARTS) is 1. The van der Waals surface area contributed by atoms with Crippen molar-refractivity contribution >= 4 is 35.1 Å². The molecule has 5 nitrogen and oxygen atoms in total. The zero-order chi connectivity index (χ0) is 13.7. The van der Waals surface area contributed by atoms with Gasteiger partial charge in [0.15, 0.2) is 6.10 Å². The van der Waals surface area contributed by atoms with Crippen LogP contribution in [0.25, 0.3) is 0 Å². The highest BCUT2D eigenvalue weighted by molar-refractivity contribution is 6.42. The summed E-state index contributed by atoms with van der Waals surface area (Å²) in [6, 6.07) is 4.76. The number of aliphatic hydroxyl groups excluding tert-OH is 1. The first-order valence-corrected chi connectivity index (χ1v) is 5.77. The summed E-state index contributed by atoms with van der Waals surface area (Å²) in [5.41, 5.74) is 0.645. The maximum atomic E-state index is 11.4. The molecular formula is C11H11Cl2NO4. The summed E-state index contributed by atoms with van der Waals surface area (Å²) in [6.45, 7) is -0.338. The molecule has 0 bridgehead atoms. The summed E-state index contributed by atoms with van der Waals surface area (Å²) in [7, 11) is 0. The van der Waals surface area contributed by atoms with Crippen LogP contribution in [0.4, 0.5) is 0 Å². The first-order valence-electron chi connectivity index (χ1n) is 5.01. The van der Waals surface area contributed by atoms with Crippen LogP contribution in [0.15, 0.2) is 18.2 Å². The van der Waals surface area contributed by atoms with Gasteiger partial charge in [0.2, 0.25) is 5.91 Å². The van der Waals surface area contributed by atoms with E-state index in [0.717, 1.165) is 0 Å². The lowest BCUT2D eigenvalue weighted by Gasteiger charge is -2.08. The average molecular weight is 292 g/mol. The van der Waals surface area contributed by atoms with Gasteiger partial charge in [-0.15, -0.1) is 0 Å². The first-order chi connectivity index (χ1) is 8.40. The molecule has 0 heterocycles. The molecule has 18 heavy (non-hydrogen) atoms. The van der Waals surface area contributed by atoms with Crippen molar-refractivity contribution in [1.82, 2.24) is 5.32 Å². The Hall–Kier alpha value is -1.30. The lowest BCUT2D eigenvalue weighted by atomic mass is 10.1. The van der Waals surface area contributed by atoms with Crippen molar-refractivity contribution in [2.24, 2.45) is 0 Å². The second kappa shape index (κ2) is 6.58. The minimum Gasteiger partial charge on any atom is -0.479 e. The van der Waals surface area contributed by atoms with E-state index >= 15 is 0 Å². The van der Waals surface area contributed by atoms with Gasteiger partial charge in [-0.3, -0.25) is 4.79 Å². The van der Waals surface area contributed by atoms with Gasteiger partial charge in [0.05, 0.1) is 23.0 Å². The first kappa shape index (κ1) is 14.8. The number of carbonyl (C=O) groups is 2. The predicted molar refractivity (Wildman–Crippen MR) is 66.8 cm³/mol. The third-order valence-corrected chi connectivity index (χ3v) is 2.87. The van der Waals surface area contributed by atoms with Crippen LogP contribution in [0.2, 0.25) is 10.0 Å². The lowest BCUT2D eigenvalue weighted by Crippen LogP contribution is -2.37. The Balaban J connectivity index is 2.49. The maximum Gasteiger partial charge on any atom is 0.334 e. The molecule has 0 saturated heterocycles. The van der Waals surface area contributed by atoms with Gasteiger partial charge in [-0.25, -0.2) is 4.79 Å². The molecule has 0 aliphatic carbocycles. The van der Waals surface area contributed by atoms with Gasteiger partial charge < -0.3 is 15.5 Å². The van der Waals surface area contributed by atoms with Crippen molar-refractivity contribution in [2.75, 3.05) is 6.54 Å². The number of hydrogen-bond acceptors (Lipinski definition) is 3. The fourth-order valence-corrected chi connectivity index (χ4v) is 1.52. The highest BCUT2D eigenvalue weighted by Crippen LogP contribution is 2.22. The van der Waals surface area contributed by atoms with E-state index in [9.17, 15) is 9.59 Å². The van der Waals surface area contributed by atoms with Crippen molar-refractivity contribution in [3.05, 3.63) is 33.8 Å². The third kappa shape index (κ3) is 4.52. The average Bonchev–Trinajstić information content (AvgIpc) is 2.30. The van der Waals surface area contributed by atoms with E-state index in [1.807, 2.05) is 0 Å². The fourth-order valence-electron chi connectivity index (χ4n) is 1.20. The Labute approximate surface area is 113 Å². The quantitative estimate of drug-likeness (QED) is 0.758. The molecule has 1 rings (SSSR count). The molecule has 0 saturated carbocycles. The van der Waals surface area contributed by atoms with E-state index in [1.54, 1.807) is 18.2 Å². The van der Waals surface area contributed by atoms with Crippen LogP contribution in [0, 0.1) is 0 Å². The van der Waals surface area contributed by atoms with E-state index < -0.39 is 18.0 Å². The van der Waals surface area contributed by atoms with Crippen molar-refractivity contribution in [3.63, 3.8) is 0 Å². The number of nitrogens with one attached hydrogen (secondary N) is 1. The van der Waals surface area contributed by atoms with Gasteiger partial charge in [0, 0.05) is 0 Å². The van der Waals surface area contributed by atoms with Crippen LogP contribution in [0.1, 0.15) is 5.56 Å². The fraction of sp³-hybridized carbons (Fsp3) is 0.273. The van der Waals surface area contributed by atoms with Crippen LogP contribution < -0.4 is 5.32 Å². The van der Waals surface area contributed by atoms with Crippen molar-refractivity contribution < 1.29 is 19.8 Å². The Morgan fingerprint density at radius 1 is 1.28 bits per heavy atom. The molecule has 1 aromatic carbocycles. The van der Waals surface area contributed by atoms with Gasteiger partial charge in [-0.1, -0.05) is 29.3 Å². The number of carboxylic acids is 1. The summed E-state index contributed by atoms with van der Waals surface area (Å²) < 4.78 is 0. The molecular weight excluding hydrogens is 281 g/mol. The topological polar surface area (TPSA) is 86.6 Å². The number of amides is 1. The lowest BCUT2D eigenvalue weighted by molar-refractivity contribution is -0.146. The Bertz CT molecular complexity index is 464. The minimum absolute atomic E-state index is 0.0310. The normalized spacial score (nSPS) is 11.9. The van der Waals surface area contributed by atoms with E-state index in [-0.39, 0.29) is 13.0 Å². The summed E-state index contributed by atoms with van der Waals surface area (Å²) in [6.07, 6.45) is -1.58. The Morgan fingerprint density at radius 2 is 1.94 bits per heavy atom. The number of aliphatic carboxylic acids is 1. The molecule has 0 spiro atoms. The molecule has 7 heteroatoms. The van der Waals surface area contributed by atoms with Crippen LogP contribution in [0.5, 0.6) is 0 Å². The van der Waals surface area contributed by atoms with Crippen LogP contribution in [0.3, 0.4) is 0 Å². The molecule has 1 atom stereocenters. The molecule has 0 radical (unpaired) electrons. The molecule has 1 amide bonds. The zero-order valence-corrected chi connectivity index (χ0v) is 10.7. The van der Waals surface area contributed by atoms with E-state index in [1.165, 1.54) is 0 Å². The predicted octanol–water partition coefficient (Wildman–Crippen LogP) is 1.10. The Kier molecular flexibility index (Phi) is 5.40. The van der Waals surface area contributed by atoms with E-state index in [0.29, 0.717) is 15.6 Å². The number of halogens is 2. The monoisotopic (exact) mass is 291 g/mol. The second-order valence-corrected chi connectivity index (χ2v) is 4.40. The summed E-state index contributed by atoms with van der Waals surface area (Å²) >= 11 is 11.5. The molecule has 98 valence electrons. The third-order valence-electron chi connectivity index (χ3n) is 2.13. The minimum atomic E-state index is -1.61. The van der Waals surface area contributed by atoms with Gasteiger partial charge >= 0.3 is 5.97 Å². The number of benzene rings is 1. The number of rotatable bonds is 5. The molecule has 1 unspecified atom stereocenters. The van der Waals surface area contributed by atoms with Crippen molar-refractivity contribution in [1.29, 1.82) is 0 Å². The number of hydrogen-bond donors (Lipinski definition) is 3. The molecule has 0 aliphatic rings. The standard InChI is InChI=1S/C11H11Cl2NO4/c12-7-2-1-6(3-8(7)13)4-10(16)14-5-9(15)11(17)18/h1-3,9,15H,4-5H2,(H,14,16)(H,17,18). The van der Waals surface area contributed by atoms with Crippen molar-refractivity contribution in [2.45, 2.75) is 12.5 Å². The van der Waals surface area contributed by atoms with Crippen LogP contribution in [-0.4, -0.2) is 34.7 Å². The maximum absolute atomic E-state index is 11.4. The molecule has 1 aromatic rings. The SMILES string of the molecule is O=C(Cc1ccc(Cl)c(Cl)c1)NCC(O)C(=O)O. The van der Waals surface area contributed by atoms with Gasteiger partial charge in [0.25, 0.3) is 0 Å². The smallest absolute Gasteiger partial charge is 0.334 e. The Morgan fingerprint density at radius 3 is 2.50 bits per heavy atom. The van der Waals surface area contributed by atoms with Crippen LogP contribution >= 0.6 is 23.2 Å². The largest absolute Gasteiger partial charge is 0.479 e. The summed E-state index contributed by atoms with van der Waals surface area (Å²) in [5.74, 6) is -1.79. The molecule has 0 aliphatic heterocycles. The molecule has 3 N–H and O–H groups in total. The molecule has 0 aromatic heterocycles. The van der Waals surface area contributed by atoms with E-state index in [4.69, 9.17) is 33.4 Å². The zero-order valence-electron chi connectivity index (χ0n) is 9.19. The van der Waals surface area contributed by atoms with Gasteiger partial charge in [-0.05, 0) is 17.7 Å². The van der Waals surface area contributed by atoms with Gasteiger partial charge in [-0.2, -0.15) is 0 Å². The number of aliphatic hydroxyl groups is 1. The second-order valence-electron chi connectivity index (χ2n) is 3.58. The van der Waals surface area contributed by atoms with Gasteiger partial charge in [0.1, 0.15) is 0 Å². The highest BCUT2D eigenvalue weighted by Gasteiger charge is 2.14.